The summed E-state index contributed by atoms with van der Waals surface area (Å²) in [6.07, 6.45) is -0.160. The van der Waals surface area contributed by atoms with E-state index in [-0.39, 0.29) is 12.4 Å². The van der Waals surface area contributed by atoms with Crippen molar-refractivity contribution in [3.05, 3.63) is 35.9 Å². The largest absolute Gasteiger partial charge is 0.379 e. The molecule has 0 aromatic heterocycles. The first kappa shape index (κ1) is 10.6. The molecular weight excluding hydrogens is 192 g/mol. The van der Waals surface area contributed by atoms with E-state index >= 15 is 0 Å². The van der Waals surface area contributed by atoms with Gasteiger partial charge in [0.15, 0.2) is 6.29 Å². The molecular formula is C12H16O3. The first-order valence-electron chi connectivity index (χ1n) is 5.30. The van der Waals surface area contributed by atoms with Crippen LogP contribution in [0.25, 0.3) is 0 Å². The van der Waals surface area contributed by atoms with Crippen LogP contribution in [0.3, 0.4) is 0 Å². The first-order valence-corrected chi connectivity index (χ1v) is 5.30. The average Bonchev–Trinajstić information content (AvgIpc) is 2.76. The normalized spacial score (nSPS) is 25.7. The second-order valence-electron chi connectivity index (χ2n) is 3.49. The lowest BCUT2D eigenvalue weighted by atomic mass is 10.2. The molecule has 0 bridgehead atoms. The molecule has 1 aliphatic heterocycles. The van der Waals surface area contributed by atoms with E-state index in [0.29, 0.717) is 13.2 Å². The van der Waals surface area contributed by atoms with Crippen LogP contribution in [0, 0.1) is 0 Å². The van der Waals surface area contributed by atoms with E-state index in [1.54, 1.807) is 0 Å². The molecule has 0 radical (unpaired) electrons. The van der Waals surface area contributed by atoms with Crippen molar-refractivity contribution in [2.24, 2.45) is 0 Å². The third-order valence-electron chi connectivity index (χ3n) is 2.33. The summed E-state index contributed by atoms with van der Waals surface area (Å²) in [4.78, 5) is 0. The predicted molar refractivity (Wildman–Crippen MR) is 56.5 cm³/mol. The fourth-order valence-electron chi connectivity index (χ4n) is 1.57. The minimum Gasteiger partial charge on any atom is -0.379 e. The summed E-state index contributed by atoms with van der Waals surface area (Å²) >= 11 is 0. The van der Waals surface area contributed by atoms with Gasteiger partial charge in [-0.15, -0.1) is 0 Å². The molecule has 1 aromatic rings. The molecule has 0 unspecified atom stereocenters. The Hall–Kier alpha value is -0.900. The monoisotopic (exact) mass is 208 g/mol. The lowest BCUT2D eigenvalue weighted by Gasteiger charge is -2.11. The van der Waals surface area contributed by atoms with Gasteiger partial charge >= 0.3 is 0 Å². The zero-order valence-electron chi connectivity index (χ0n) is 8.89. The molecule has 1 aromatic carbocycles. The van der Waals surface area contributed by atoms with Crippen molar-refractivity contribution in [2.75, 3.05) is 19.8 Å². The quantitative estimate of drug-likeness (QED) is 0.758. The van der Waals surface area contributed by atoms with Crippen LogP contribution in [0.15, 0.2) is 30.3 Å². The van der Waals surface area contributed by atoms with Crippen LogP contribution in [0.2, 0.25) is 0 Å². The maximum absolute atomic E-state index is 5.70. The molecule has 1 saturated heterocycles. The SMILES string of the molecule is CCOC[C@@H]1CO[C@@H](c2ccccc2)O1. The van der Waals surface area contributed by atoms with Crippen molar-refractivity contribution in [3.63, 3.8) is 0 Å². The van der Waals surface area contributed by atoms with Crippen molar-refractivity contribution >= 4 is 0 Å². The lowest BCUT2D eigenvalue weighted by Crippen LogP contribution is -2.17. The summed E-state index contributed by atoms with van der Waals surface area (Å²) in [6.45, 7) is 3.92. The fraction of sp³-hybridized carbons (Fsp3) is 0.500. The summed E-state index contributed by atoms with van der Waals surface area (Å²) in [5, 5.41) is 0. The number of hydrogen-bond donors (Lipinski definition) is 0. The van der Waals surface area contributed by atoms with Gasteiger partial charge < -0.3 is 14.2 Å². The van der Waals surface area contributed by atoms with Gasteiger partial charge in [-0.05, 0) is 6.92 Å². The van der Waals surface area contributed by atoms with Crippen LogP contribution >= 0.6 is 0 Å². The van der Waals surface area contributed by atoms with Gasteiger partial charge in [-0.3, -0.25) is 0 Å². The third kappa shape index (κ3) is 2.78. The second kappa shape index (κ2) is 5.26. The van der Waals surface area contributed by atoms with Crippen molar-refractivity contribution < 1.29 is 14.2 Å². The molecule has 3 heteroatoms. The van der Waals surface area contributed by atoms with E-state index in [9.17, 15) is 0 Å². The van der Waals surface area contributed by atoms with Crippen molar-refractivity contribution in [3.8, 4) is 0 Å². The first-order chi connectivity index (χ1) is 7.40. The lowest BCUT2D eigenvalue weighted by molar-refractivity contribution is -0.0730. The van der Waals surface area contributed by atoms with E-state index in [2.05, 4.69) is 0 Å². The summed E-state index contributed by atoms with van der Waals surface area (Å²) in [6, 6.07) is 9.97. The van der Waals surface area contributed by atoms with Gasteiger partial charge in [0.2, 0.25) is 0 Å². The molecule has 2 rings (SSSR count). The number of ether oxygens (including phenoxy) is 3. The third-order valence-corrected chi connectivity index (χ3v) is 2.33. The maximum Gasteiger partial charge on any atom is 0.184 e. The Labute approximate surface area is 90.0 Å². The van der Waals surface area contributed by atoms with E-state index in [1.807, 2.05) is 37.3 Å². The summed E-state index contributed by atoms with van der Waals surface area (Å²) < 4.78 is 16.5. The highest BCUT2D eigenvalue weighted by molar-refractivity contribution is 5.16. The zero-order valence-corrected chi connectivity index (χ0v) is 8.89. The van der Waals surface area contributed by atoms with Crippen LogP contribution in [-0.2, 0) is 14.2 Å². The Balaban J connectivity index is 1.87. The molecule has 1 heterocycles. The highest BCUT2D eigenvalue weighted by Gasteiger charge is 2.26. The Bertz CT molecular complexity index is 286. The Morgan fingerprint density at radius 3 is 2.87 bits per heavy atom. The Morgan fingerprint density at radius 2 is 2.13 bits per heavy atom. The smallest absolute Gasteiger partial charge is 0.184 e. The summed E-state index contributed by atoms with van der Waals surface area (Å²) in [5.74, 6) is 0. The number of hydrogen-bond acceptors (Lipinski definition) is 3. The molecule has 0 N–H and O–H groups in total. The molecule has 1 fully saturated rings. The minimum atomic E-state index is -0.225. The van der Waals surface area contributed by atoms with Gasteiger partial charge in [-0.2, -0.15) is 0 Å². The van der Waals surface area contributed by atoms with Crippen molar-refractivity contribution in [1.82, 2.24) is 0 Å². The molecule has 0 aliphatic carbocycles. The average molecular weight is 208 g/mol. The Morgan fingerprint density at radius 1 is 1.33 bits per heavy atom. The standard InChI is InChI=1S/C12H16O3/c1-2-13-8-11-9-14-12(15-11)10-6-4-3-5-7-10/h3-7,11-12H,2,8-9H2,1H3/t11-,12-/m1/s1. The van der Waals surface area contributed by atoms with Crippen LogP contribution in [0.5, 0.6) is 0 Å². The second-order valence-corrected chi connectivity index (χ2v) is 3.49. The molecule has 0 saturated carbocycles. The van der Waals surface area contributed by atoms with Crippen molar-refractivity contribution in [1.29, 1.82) is 0 Å². The Kier molecular flexibility index (Phi) is 3.72. The van der Waals surface area contributed by atoms with E-state index in [0.717, 1.165) is 12.2 Å². The van der Waals surface area contributed by atoms with Crippen LogP contribution in [-0.4, -0.2) is 25.9 Å². The van der Waals surface area contributed by atoms with Gasteiger partial charge in [-0.25, -0.2) is 0 Å². The molecule has 0 spiro atoms. The molecule has 1 aliphatic rings. The topological polar surface area (TPSA) is 27.7 Å². The summed E-state index contributed by atoms with van der Waals surface area (Å²) in [7, 11) is 0. The zero-order chi connectivity index (χ0) is 10.5. The summed E-state index contributed by atoms with van der Waals surface area (Å²) in [5.41, 5.74) is 1.07. The highest BCUT2D eigenvalue weighted by atomic mass is 16.7. The van der Waals surface area contributed by atoms with Crippen LogP contribution < -0.4 is 0 Å². The highest BCUT2D eigenvalue weighted by Crippen LogP contribution is 2.26. The molecule has 2 atom stereocenters. The van der Waals surface area contributed by atoms with Gasteiger partial charge in [0.05, 0.1) is 13.2 Å². The fourth-order valence-corrected chi connectivity index (χ4v) is 1.57. The van der Waals surface area contributed by atoms with Gasteiger partial charge in [0.1, 0.15) is 6.10 Å². The van der Waals surface area contributed by atoms with E-state index < -0.39 is 0 Å². The van der Waals surface area contributed by atoms with Gasteiger partial charge in [0, 0.05) is 12.2 Å². The number of rotatable bonds is 4. The molecule has 82 valence electrons. The predicted octanol–water partition coefficient (Wildman–Crippen LogP) is 2.14. The number of benzene rings is 1. The molecule has 15 heavy (non-hydrogen) atoms. The van der Waals surface area contributed by atoms with Gasteiger partial charge in [-0.1, -0.05) is 30.3 Å². The van der Waals surface area contributed by atoms with Crippen LogP contribution in [0.4, 0.5) is 0 Å². The maximum atomic E-state index is 5.70. The van der Waals surface area contributed by atoms with Crippen LogP contribution in [0.1, 0.15) is 18.8 Å². The minimum absolute atomic E-state index is 0.0650. The molecule has 0 amide bonds. The molecule has 3 nitrogen and oxygen atoms in total. The van der Waals surface area contributed by atoms with Crippen molar-refractivity contribution in [2.45, 2.75) is 19.3 Å². The van der Waals surface area contributed by atoms with Gasteiger partial charge in [0.25, 0.3) is 0 Å². The van der Waals surface area contributed by atoms with E-state index in [1.165, 1.54) is 0 Å². The van der Waals surface area contributed by atoms with E-state index in [4.69, 9.17) is 14.2 Å².